The lowest BCUT2D eigenvalue weighted by Crippen LogP contribution is -2.40. The summed E-state index contributed by atoms with van der Waals surface area (Å²) < 4.78 is 0. The van der Waals surface area contributed by atoms with Crippen LogP contribution in [0.2, 0.25) is 0 Å². The third kappa shape index (κ3) is 4.01. The van der Waals surface area contributed by atoms with Gasteiger partial charge in [-0.15, -0.1) is 0 Å². The van der Waals surface area contributed by atoms with Crippen LogP contribution in [0.4, 0.5) is 11.8 Å². The summed E-state index contributed by atoms with van der Waals surface area (Å²) in [5.74, 6) is 1.80. The van der Waals surface area contributed by atoms with E-state index in [0.29, 0.717) is 6.04 Å². The molecule has 1 unspecified atom stereocenters. The van der Waals surface area contributed by atoms with E-state index >= 15 is 0 Å². The highest BCUT2D eigenvalue weighted by atomic mass is 15.3. The van der Waals surface area contributed by atoms with E-state index in [2.05, 4.69) is 46.4 Å². The van der Waals surface area contributed by atoms with Crippen molar-refractivity contribution in [3.8, 4) is 0 Å². The van der Waals surface area contributed by atoms with Gasteiger partial charge in [-0.2, -0.15) is 4.98 Å². The van der Waals surface area contributed by atoms with Crippen molar-refractivity contribution in [1.82, 2.24) is 9.97 Å². The maximum atomic E-state index is 4.77. The zero-order chi connectivity index (χ0) is 16.1. The van der Waals surface area contributed by atoms with Crippen LogP contribution in [-0.4, -0.2) is 22.6 Å². The third-order valence-corrected chi connectivity index (χ3v) is 4.51. The van der Waals surface area contributed by atoms with Gasteiger partial charge in [-0.25, -0.2) is 4.98 Å². The maximum absolute atomic E-state index is 4.77. The number of rotatable bonds is 5. The van der Waals surface area contributed by atoms with Gasteiger partial charge in [0.25, 0.3) is 0 Å². The molecule has 0 aliphatic carbocycles. The Morgan fingerprint density at radius 3 is 2.78 bits per heavy atom. The fourth-order valence-corrected chi connectivity index (χ4v) is 3.25. The van der Waals surface area contributed by atoms with E-state index in [-0.39, 0.29) is 0 Å². The summed E-state index contributed by atoms with van der Waals surface area (Å²) >= 11 is 0. The molecule has 1 atom stereocenters. The standard InChI is InChI=1S/C19H26N4/c1-3-17-11-7-8-12-23(17)19-21-15(2)13-18(22-19)20-14-16-9-5-4-6-10-16/h4-6,9-10,13,17H,3,7-8,11-12,14H2,1-2H3,(H,20,21,22). The zero-order valence-electron chi connectivity index (χ0n) is 14.1. The minimum absolute atomic E-state index is 0.576. The van der Waals surface area contributed by atoms with Gasteiger partial charge in [-0.05, 0) is 38.2 Å². The van der Waals surface area contributed by atoms with Gasteiger partial charge in [0, 0.05) is 30.9 Å². The maximum Gasteiger partial charge on any atom is 0.227 e. The summed E-state index contributed by atoms with van der Waals surface area (Å²) in [6.07, 6.45) is 4.96. The highest BCUT2D eigenvalue weighted by Gasteiger charge is 2.23. The molecule has 0 spiro atoms. The first-order chi connectivity index (χ1) is 11.3. The molecule has 23 heavy (non-hydrogen) atoms. The molecular weight excluding hydrogens is 284 g/mol. The Bertz CT molecular complexity index is 627. The predicted octanol–water partition coefficient (Wildman–Crippen LogP) is 4.17. The van der Waals surface area contributed by atoms with Crippen LogP contribution < -0.4 is 10.2 Å². The van der Waals surface area contributed by atoms with E-state index in [1.165, 1.54) is 24.8 Å². The van der Waals surface area contributed by atoms with Gasteiger partial charge < -0.3 is 10.2 Å². The molecular formula is C19H26N4. The molecule has 1 saturated heterocycles. The summed E-state index contributed by atoms with van der Waals surface area (Å²) in [5, 5.41) is 3.44. The molecule has 0 radical (unpaired) electrons. The molecule has 1 fully saturated rings. The molecule has 1 aliphatic heterocycles. The lowest BCUT2D eigenvalue weighted by molar-refractivity contribution is 0.443. The van der Waals surface area contributed by atoms with Gasteiger partial charge in [-0.3, -0.25) is 0 Å². The number of aromatic nitrogens is 2. The fourth-order valence-electron chi connectivity index (χ4n) is 3.25. The van der Waals surface area contributed by atoms with E-state index < -0.39 is 0 Å². The molecule has 1 aromatic heterocycles. The summed E-state index contributed by atoms with van der Waals surface area (Å²) in [6, 6.07) is 13.0. The first-order valence-corrected chi connectivity index (χ1v) is 8.66. The first kappa shape index (κ1) is 15.8. The Balaban J connectivity index is 1.76. The van der Waals surface area contributed by atoms with Gasteiger partial charge in [0.2, 0.25) is 5.95 Å². The highest BCUT2D eigenvalue weighted by Crippen LogP contribution is 2.25. The molecule has 3 rings (SSSR count). The molecule has 2 heterocycles. The molecule has 0 bridgehead atoms. The van der Waals surface area contributed by atoms with E-state index in [1.807, 2.05) is 19.1 Å². The summed E-state index contributed by atoms with van der Waals surface area (Å²) in [6.45, 7) is 6.16. The predicted molar refractivity (Wildman–Crippen MR) is 95.8 cm³/mol. The first-order valence-electron chi connectivity index (χ1n) is 8.66. The number of anilines is 2. The molecule has 1 N–H and O–H groups in total. The highest BCUT2D eigenvalue weighted by molar-refractivity contribution is 5.45. The Morgan fingerprint density at radius 2 is 2.00 bits per heavy atom. The second-order valence-corrected chi connectivity index (χ2v) is 6.28. The van der Waals surface area contributed by atoms with Crippen LogP contribution in [0.15, 0.2) is 36.4 Å². The van der Waals surface area contributed by atoms with Crippen molar-refractivity contribution < 1.29 is 0 Å². The SMILES string of the molecule is CCC1CCCCN1c1nc(C)cc(NCc2ccccc2)n1. The number of piperidine rings is 1. The minimum Gasteiger partial charge on any atom is -0.366 e. The normalized spacial score (nSPS) is 18.0. The van der Waals surface area contributed by atoms with Gasteiger partial charge in [-0.1, -0.05) is 37.3 Å². The third-order valence-electron chi connectivity index (χ3n) is 4.51. The lowest BCUT2D eigenvalue weighted by Gasteiger charge is -2.35. The topological polar surface area (TPSA) is 41.1 Å². The number of nitrogens with zero attached hydrogens (tertiary/aromatic N) is 3. The van der Waals surface area contributed by atoms with Crippen molar-refractivity contribution in [2.45, 2.75) is 52.1 Å². The van der Waals surface area contributed by atoms with Gasteiger partial charge in [0.1, 0.15) is 5.82 Å². The number of aryl methyl sites for hydroxylation is 1. The summed E-state index contributed by atoms with van der Waals surface area (Å²) in [5.41, 5.74) is 2.28. The minimum atomic E-state index is 0.576. The quantitative estimate of drug-likeness (QED) is 0.900. The fraction of sp³-hybridized carbons (Fsp3) is 0.474. The average Bonchev–Trinajstić information content (AvgIpc) is 2.60. The van der Waals surface area contributed by atoms with Gasteiger partial charge in [0.05, 0.1) is 0 Å². The Hall–Kier alpha value is -2.10. The van der Waals surface area contributed by atoms with Gasteiger partial charge in [0.15, 0.2) is 0 Å². The van der Waals surface area contributed by atoms with E-state index in [4.69, 9.17) is 4.98 Å². The number of nitrogens with one attached hydrogen (secondary N) is 1. The summed E-state index contributed by atoms with van der Waals surface area (Å²) in [7, 11) is 0. The van der Waals surface area contributed by atoms with Crippen LogP contribution in [0, 0.1) is 6.92 Å². The Kier molecular flexibility index (Phi) is 5.11. The second kappa shape index (κ2) is 7.44. The molecule has 0 saturated carbocycles. The number of benzene rings is 1. The average molecular weight is 310 g/mol. The summed E-state index contributed by atoms with van der Waals surface area (Å²) in [4.78, 5) is 11.9. The smallest absolute Gasteiger partial charge is 0.227 e. The molecule has 4 nitrogen and oxygen atoms in total. The molecule has 4 heteroatoms. The van der Waals surface area contributed by atoms with E-state index in [1.54, 1.807) is 0 Å². The van der Waals surface area contributed by atoms with Crippen molar-refractivity contribution in [3.63, 3.8) is 0 Å². The van der Waals surface area contributed by atoms with Crippen LogP contribution in [-0.2, 0) is 6.54 Å². The number of hydrogen-bond acceptors (Lipinski definition) is 4. The van der Waals surface area contributed by atoms with E-state index in [0.717, 1.165) is 37.0 Å². The van der Waals surface area contributed by atoms with Crippen LogP contribution in [0.3, 0.4) is 0 Å². The van der Waals surface area contributed by atoms with Crippen molar-refractivity contribution in [1.29, 1.82) is 0 Å². The van der Waals surface area contributed by atoms with Crippen LogP contribution >= 0.6 is 0 Å². The monoisotopic (exact) mass is 310 g/mol. The second-order valence-electron chi connectivity index (χ2n) is 6.28. The Labute approximate surface area is 139 Å². The molecule has 1 aromatic carbocycles. The largest absolute Gasteiger partial charge is 0.366 e. The van der Waals surface area contributed by atoms with Crippen LogP contribution in [0.5, 0.6) is 0 Å². The van der Waals surface area contributed by atoms with Crippen molar-refractivity contribution in [3.05, 3.63) is 47.7 Å². The lowest BCUT2D eigenvalue weighted by atomic mass is 10.0. The van der Waals surface area contributed by atoms with Crippen molar-refractivity contribution in [2.75, 3.05) is 16.8 Å². The number of hydrogen-bond donors (Lipinski definition) is 1. The van der Waals surface area contributed by atoms with Crippen molar-refractivity contribution >= 4 is 11.8 Å². The van der Waals surface area contributed by atoms with Crippen LogP contribution in [0.25, 0.3) is 0 Å². The molecule has 122 valence electrons. The van der Waals surface area contributed by atoms with Crippen LogP contribution in [0.1, 0.15) is 43.9 Å². The van der Waals surface area contributed by atoms with Crippen molar-refractivity contribution in [2.24, 2.45) is 0 Å². The van der Waals surface area contributed by atoms with E-state index in [9.17, 15) is 0 Å². The van der Waals surface area contributed by atoms with Gasteiger partial charge >= 0.3 is 0 Å². The molecule has 2 aromatic rings. The Morgan fingerprint density at radius 1 is 1.17 bits per heavy atom. The molecule has 1 aliphatic rings. The molecule has 0 amide bonds. The zero-order valence-corrected chi connectivity index (χ0v) is 14.1.